The molecule has 1 N–H and O–H groups in total. The molecule has 214 valence electrons. The van der Waals surface area contributed by atoms with Crippen LogP contribution in [0.3, 0.4) is 0 Å². The Morgan fingerprint density at radius 2 is 1.55 bits per heavy atom. The minimum Gasteiger partial charge on any atom is -0.355 e. The Morgan fingerprint density at radius 3 is 2.12 bits per heavy atom. The molecule has 0 aliphatic rings. The molecule has 0 saturated heterocycles. The predicted octanol–water partition coefficient (Wildman–Crippen LogP) is 5.62. The molecule has 0 fully saturated rings. The van der Waals surface area contributed by atoms with Crippen molar-refractivity contribution in [1.82, 2.24) is 10.2 Å². The van der Waals surface area contributed by atoms with Crippen molar-refractivity contribution >= 4 is 50.7 Å². The van der Waals surface area contributed by atoms with Crippen LogP contribution < -0.4 is 9.62 Å². The number of rotatable bonds is 13. The number of likely N-dealkylation sites (N-methyl/N-ethyl adjacent to an activating group) is 1. The van der Waals surface area contributed by atoms with E-state index in [-0.39, 0.29) is 37.7 Å². The van der Waals surface area contributed by atoms with Crippen molar-refractivity contribution in [3.8, 4) is 0 Å². The third-order valence-electron chi connectivity index (χ3n) is 6.49. The topological polar surface area (TPSA) is 86.8 Å². The van der Waals surface area contributed by atoms with Gasteiger partial charge in [0.1, 0.15) is 6.04 Å². The number of anilines is 1. The van der Waals surface area contributed by atoms with E-state index in [0.29, 0.717) is 34.3 Å². The zero-order valence-corrected chi connectivity index (χ0v) is 25.3. The lowest BCUT2D eigenvalue weighted by Crippen LogP contribution is -2.50. The van der Waals surface area contributed by atoms with Crippen molar-refractivity contribution in [2.45, 2.75) is 45.7 Å². The Hall–Kier alpha value is -3.07. The van der Waals surface area contributed by atoms with Gasteiger partial charge in [0.05, 0.1) is 11.9 Å². The molecule has 40 heavy (non-hydrogen) atoms. The lowest BCUT2D eigenvalue weighted by atomic mass is 10.0. The van der Waals surface area contributed by atoms with E-state index in [0.717, 1.165) is 17.4 Å². The summed E-state index contributed by atoms with van der Waals surface area (Å²) in [6.45, 7) is 4.28. The molecule has 0 unspecified atom stereocenters. The smallest absolute Gasteiger partial charge is 0.243 e. The van der Waals surface area contributed by atoms with Crippen LogP contribution >= 0.6 is 23.2 Å². The highest BCUT2D eigenvalue weighted by molar-refractivity contribution is 7.92. The maximum atomic E-state index is 13.8. The summed E-state index contributed by atoms with van der Waals surface area (Å²) in [6, 6.07) is 20.9. The largest absolute Gasteiger partial charge is 0.355 e. The van der Waals surface area contributed by atoms with Gasteiger partial charge < -0.3 is 10.2 Å². The number of carbonyl (C=O) groups excluding carboxylic acids is 2. The van der Waals surface area contributed by atoms with Crippen molar-refractivity contribution in [3.63, 3.8) is 0 Å². The van der Waals surface area contributed by atoms with E-state index >= 15 is 0 Å². The van der Waals surface area contributed by atoms with Gasteiger partial charge in [-0.25, -0.2) is 8.42 Å². The number of nitrogens with zero attached hydrogens (tertiary/aromatic N) is 2. The summed E-state index contributed by atoms with van der Waals surface area (Å²) in [5.41, 5.74) is 2.98. The van der Waals surface area contributed by atoms with E-state index in [1.807, 2.05) is 56.3 Å². The molecule has 7 nitrogen and oxygen atoms in total. The number of amides is 2. The molecule has 0 aromatic heterocycles. The first-order valence-corrected chi connectivity index (χ1v) is 15.7. The third kappa shape index (κ3) is 8.71. The van der Waals surface area contributed by atoms with Crippen LogP contribution in [0.4, 0.5) is 5.69 Å². The normalized spacial score (nSPS) is 12.0. The Bertz CT molecular complexity index is 1380. The van der Waals surface area contributed by atoms with Crippen molar-refractivity contribution < 1.29 is 18.0 Å². The summed E-state index contributed by atoms with van der Waals surface area (Å²) in [7, 11) is -3.58. The minimum atomic E-state index is -3.58. The molecule has 3 aromatic rings. The molecule has 0 saturated carbocycles. The number of halogens is 2. The van der Waals surface area contributed by atoms with Gasteiger partial charge in [-0.05, 0) is 50.1 Å². The summed E-state index contributed by atoms with van der Waals surface area (Å²) >= 11 is 12.9. The van der Waals surface area contributed by atoms with Gasteiger partial charge in [0.15, 0.2) is 0 Å². The standard InChI is InChI=1S/C30H35Cl2N3O4S/c1-4-33-30(37)28(20-23-10-6-5-7-11-23)34(21-25-26(31)12-8-13-27(25)32)29(36)14-9-19-35(40(3,38)39)24-17-15-22(2)16-18-24/h5-8,10-13,15-18,28H,4,9,14,19-21H2,1-3H3,(H,33,37)/t28-/m1/s1. The molecule has 10 heteroatoms. The Labute approximate surface area is 247 Å². The molecule has 1 atom stereocenters. The van der Waals surface area contributed by atoms with E-state index in [4.69, 9.17) is 23.2 Å². The van der Waals surface area contributed by atoms with E-state index in [1.54, 1.807) is 30.3 Å². The zero-order valence-electron chi connectivity index (χ0n) is 22.9. The maximum absolute atomic E-state index is 13.8. The molecular weight excluding hydrogens is 569 g/mol. The first kappa shape index (κ1) is 31.5. The number of sulfonamides is 1. The molecular formula is C30H35Cl2N3O4S. The molecule has 0 spiro atoms. The van der Waals surface area contributed by atoms with Gasteiger partial charge in [0, 0.05) is 48.1 Å². The zero-order chi connectivity index (χ0) is 29.3. The molecule has 0 aliphatic heterocycles. The predicted molar refractivity (Wildman–Crippen MR) is 162 cm³/mol. The third-order valence-corrected chi connectivity index (χ3v) is 8.39. The lowest BCUT2D eigenvalue weighted by Gasteiger charge is -2.32. The first-order chi connectivity index (χ1) is 19.0. The van der Waals surface area contributed by atoms with E-state index in [9.17, 15) is 18.0 Å². The first-order valence-electron chi connectivity index (χ1n) is 13.1. The maximum Gasteiger partial charge on any atom is 0.243 e. The quantitative estimate of drug-likeness (QED) is 0.274. The molecule has 2 amide bonds. The van der Waals surface area contributed by atoms with Gasteiger partial charge in [-0.15, -0.1) is 0 Å². The second-order valence-electron chi connectivity index (χ2n) is 9.60. The Kier molecular flexibility index (Phi) is 11.4. The van der Waals surface area contributed by atoms with Crippen LogP contribution in [0.25, 0.3) is 0 Å². The monoisotopic (exact) mass is 603 g/mol. The fraction of sp³-hybridized carbons (Fsp3) is 0.333. The van der Waals surface area contributed by atoms with Crippen molar-refractivity contribution in [2.24, 2.45) is 0 Å². The van der Waals surface area contributed by atoms with Gasteiger partial charge in [0.2, 0.25) is 21.8 Å². The van der Waals surface area contributed by atoms with Gasteiger partial charge >= 0.3 is 0 Å². The second kappa shape index (κ2) is 14.5. The molecule has 0 radical (unpaired) electrons. The average Bonchev–Trinajstić information content (AvgIpc) is 2.90. The number of carbonyl (C=O) groups is 2. The highest BCUT2D eigenvalue weighted by atomic mass is 35.5. The second-order valence-corrected chi connectivity index (χ2v) is 12.3. The van der Waals surface area contributed by atoms with Crippen LogP contribution in [0.5, 0.6) is 0 Å². The van der Waals surface area contributed by atoms with Crippen LogP contribution in [0, 0.1) is 6.92 Å². The number of benzene rings is 3. The van der Waals surface area contributed by atoms with Gasteiger partial charge in [0.25, 0.3) is 0 Å². The van der Waals surface area contributed by atoms with Gasteiger partial charge in [-0.3, -0.25) is 13.9 Å². The van der Waals surface area contributed by atoms with Crippen LogP contribution in [0.2, 0.25) is 10.0 Å². The highest BCUT2D eigenvalue weighted by Gasteiger charge is 2.31. The highest BCUT2D eigenvalue weighted by Crippen LogP contribution is 2.28. The number of nitrogens with one attached hydrogen (secondary N) is 1. The fourth-order valence-corrected chi connectivity index (χ4v) is 5.90. The SMILES string of the molecule is CCNC(=O)[C@@H](Cc1ccccc1)N(Cc1c(Cl)cccc1Cl)C(=O)CCCN(c1ccc(C)cc1)S(C)(=O)=O. The molecule has 0 bridgehead atoms. The summed E-state index contributed by atoms with van der Waals surface area (Å²) in [6.07, 6.45) is 1.70. The Morgan fingerprint density at radius 1 is 0.925 bits per heavy atom. The van der Waals surface area contributed by atoms with Crippen LogP contribution in [0.1, 0.15) is 36.5 Å². The van der Waals surface area contributed by atoms with Crippen LogP contribution in [-0.4, -0.2) is 50.5 Å². The van der Waals surface area contributed by atoms with Crippen molar-refractivity contribution in [3.05, 3.63) is 99.5 Å². The average molecular weight is 605 g/mol. The van der Waals surface area contributed by atoms with E-state index < -0.39 is 16.1 Å². The molecule has 0 heterocycles. The number of hydrogen-bond donors (Lipinski definition) is 1. The molecule has 3 aromatic carbocycles. The lowest BCUT2D eigenvalue weighted by molar-refractivity contribution is -0.141. The fourth-order valence-electron chi connectivity index (χ4n) is 4.41. The Balaban J connectivity index is 1.90. The minimum absolute atomic E-state index is 0.0185. The molecule has 0 aliphatic carbocycles. The summed E-state index contributed by atoms with van der Waals surface area (Å²) in [4.78, 5) is 28.6. The van der Waals surface area contributed by atoms with Gasteiger partial charge in [-0.1, -0.05) is 77.3 Å². The van der Waals surface area contributed by atoms with Crippen molar-refractivity contribution in [2.75, 3.05) is 23.7 Å². The summed E-state index contributed by atoms with van der Waals surface area (Å²) < 4.78 is 26.4. The van der Waals surface area contributed by atoms with Crippen LogP contribution in [0.15, 0.2) is 72.8 Å². The van der Waals surface area contributed by atoms with E-state index in [1.165, 1.54) is 9.21 Å². The number of hydrogen-bond acceptors (Lipinski definition) is 4. The van der Waals surface area contributed by atoms with E-state index in [2.05, 4.69) is 5.32 Å². The van der Waals surface area contributed by atoms with Crippen LogP contribution in [-0.2, 0) is 32.6 Å². The van der Waals surface area contributed by atoms with Gasteiger partial charge in [-0.2, -0.15) is 0 Å². The summed E-state index contributed by atoms with van der Waals surface area (Å²) in [5, 5.41) is 3.63. The number of aryl methyl sites for hydroxylation is 1. The van der Waals surface area contributed by atoms with Crippen molar-refractivity contribution in [1.29, 1.82) is 0 Å². The summed E-state index contributed by atoms with van der Waals surface area (Å²) in [5.74, 6) is -0.596. The molecule has 3 rings (SSSR count).